The first kappa shape index (κ1) is 16.4. The minimum absolute atomic E-state index is 0.594. The van der Waals surface area contributed by atoms with Gasteiger partial charge in [-0.2, -0.15) is 0 Å². The Kier molecular flexibility index (Phi) is 7.73. The van der Waals surface area contributed by atoms with Crippen molar-refractivity contribution in [3.63, 3.8) is 0 Å². The Balaban J connectivity index is 2.72. The van der Waals surface area contributed by atoms with Gasteiger partial charge in [-0.25, -0.2) is 0 Å². The Bertz CT molecular complexity index is 395. The van der Waals surface area contributed by atoms with Crippen LogP contribution in [0.15, 0.2) is 29.2 Å². The van der Waals surface area contributed by atoms with Crippen LogP contribution in [0, 0.1) is 0 Å². The Hall–Kier alpha value is 0.330. The van der Waals surface area contributed by atoms with Gasteiger partial charge < -0.3 is 9.05 Å². The molecule has 1 aromatic carbocycles. The van der Waals surface area contributed by atoms with E-state index in [0.29, 0.717) is 6.61 Å². The van der Waals surface area contributed by atoms with Crippen LogP contribution in [0.5, 0.6) is 5.75 Å². The third-order valence-electron chi connectivity index (χ3n) is 2.02. The second-order valence-corrected chi connectivity index (χ2v) is 10.7. The average Bonchev–Trinajstić information content (AvgIpc) is 2.38. The molecular weight excluding hydrogens is 303 g/mol. The van der Waals surface area contributed by atoms with E-state index in [1.807, 2.05) is 31.2 Å². The van der Waals surface area contributed by atoms with E-state index in [0.717, 1.165) is 17.9 Å². The van der Waals surface area contributed by atoms with Gasteiger partial charge in [0.1, 0.15) is 5.75 Å². The predicted molar refractivity (Wildman–Crippen MR) is 87.5 cm³/mol. The van der Waals surface area contributed by atoms with Gasteiger partial charge in [0, 0.05) is 10.6 Å². The van der Waals surface area contributed by atoms with Gasteiger partial charge >= 0.3 is 0 Å². The standard InChI is InChI=1S/C12H19O2PS3/c1-4-10-18-15(16,13-5-2)14-11-6-8-12(17-3)9-7-11/h6-9H,4-5,10H2,1-3H3/t15-/m1/s1. The molecule has 0 aliphatic rings. The van der Waals surface area contributed by atoms with Crippen molar-refractivity contribution in [2.24, 2.45) is 0 Å². The molecule has 1 atom stereocenters. The lowest BCUT2D eigenvalue weighted by Crippen LogP contribution is -1.95. The lowest BCUT2D eigenvalue weighted by atomic mass is 10.3. The summed E-state index contributed by atoms with van der Waals surface area (Å²) in [6.07, 6.45) is 3.13. The average molecular weight is 322 g/mol. The molecule has 0 bridgehead atoms. The Labute approximate surface area is 123 Å². The fraction of sp³-hybridized carbons (Fsp3) is 0.500. The minimum Gasteiger partial charge on any atom is -0.436 e. The molecule has 0 fully saturated rings. The molecule has 0 unspecified atom stereocenters. The number of hydrogen-bond donors (Lipinski definition) is 0. The zero-order valence-corrected chi connectivity index (χ0v) is 14.3. The number of benzene rings is 1. The highest BCUT2D eigenvalue weighted by molar-refractivity contribution is 8.68. The van der Waals surface area contributed by atoms with E-state index in [-0.39, 0.29) is 0 Å². The van der Waals surface area contributed by atoms with Crippen molar-refractivity contribution >= 4 is 40.6 Å². The van der Waals surface area contributed by atoms with Crippen molar-refractivity contribution in [3.8, 4) is 5.75 Å². The van der Waals surface area contributed by atoms with Crippen molar-refractivity contribution in [1.29, 1.82) is 0 Å². The fourth-order valence-corrected chi connectivity index (χ4v) is 6.33. The summed E-state index contributed by atoms with van der Waals surface area (Å²) in [5.41, 5.74) is -2.24. The molecule has 0 spiro atoms. The van der Waals surface area contributed by atoms with Gasteiger partial charge in [0.2, 0.25) is 0 Å². The summed E-state index contributed by atoms with van der Waals surface area (Å²) < 4.78 is 11.6. The molecule has 0 saturated carbocycles. The molecule has 2 nitrogen and oxygen atoms in total. The lowest BCUT2D eigenvalue weighted by Gasteiger charge is -2.21. The molecule has 1 aromatic rings. The van der Waals surface area contributed by atoms with E-state index in [2.05, 4.69) is 13.2 Å². The summed E-state index contributed by atoms with van der Waals surface area (Å²) in [5.74, 6) is 1.77. The van der Waals surface area contributed by atoms with Gasteiger partial charge in [-0.15, -0.1) is 11.8 Å². The summed E-state index contributed by atoms with van der Waals surface area (Å²) in [7, 11) is 0. The minimum atomic E-state index is -2.24. The molecule has 0 amide bonds. The zero-order valence-electron chi connectivity index (χ0n) is 10.9. The fourth-order valence-electron chi connectivity index (χ4n) is 1.22. The number of rotatable bonds is 8. The largest absolute Gasteiger partial charge is 0.436 e. The first-order valence-corrected chi connectivity index (χ1v) is 11.3. The highest BCUT2D eigenvalue weighted by Gasteiger charge is 2.20. The molecule has 0 aromatic heterocycles. The maximum atomic E-state index is 5.90. The quantitative estimate of drug-likeness (QED) is 0.483. The molecular formula is C12H19O2PS3. The molecule has 0 N–H and O–H groups in total. The lowest BCUT2D eigenvalue weighted by molar-refractivity contribution is 0.344. The Morgan fingerprint density at radius 3 is 2.39 bits per heavy atom. The van der Waals surface area contributed by atoms with Crippen molar-refractivity contribution in [1.82, 2.24) is 0 Å². The maximum Gasteiger partial charge on any atom is 0.297 e. The molecule has 18 heavy (non-hydrogen) atoms. The van der Waals surface area contributed by atoms with Crippen LogP contribution in [0.2, 0.25) is 0 Å². The maximum absolute atomic E-state index is 5.90. The molecule has 0 radical (unpaired) electrons. The van der Waals surface area contributed by atoms with Crippen LogP contribution in [0.25, 0.3) is 0 Å². The monoisotopic (exact) mass is 322 g/mol. The van der Waals surface area contributed by atoms with E-state index in [1.165, 1.54) is 4.90 Å². The first-order valence-electron chi connectivity index (χ1n) is 5.86. The van der Waals surface area contributed by atoms with Crippen LogP contribution in [0.4, 0.5) is 0 Å². The normalized spacial score (nSPS) is 14.2. The molecule has 0 heterocycles. The summed E-state index contributed by atoms with van der Waals surface area (Å²) in [4.78, 5) is 1.22. The van der Waals surface area contributed by atoms with Gasteiger partial charge in [0.25, 0.3) is 5.69 Å². The molecule has 0 aliphatic carbocycles. The topological polar surface area (TPSA) is 18.5 Å². The number of thioether (sulfide) groups is 1. The van der Waals surface area contributed by atoms with Crippen molar-refractivity contribution < 1.29 is 9.05 Å². The third-order valence-corrected chi connectivity index (χ3v) is 8.20. The first-order chi connectivity index (χ1) is 8.63. The van der Waals surface area contributed by atoms with Crippen molar-refractivity contribution in [2.45, 2.75) is 25.2 Å². The number of hydrogen-bond acceptors (Lipinski definition) is 5. The predicted octanol–water partition coefficient (Wildman–Crippen LogP) is 5.19. The molecule has 1 rings (SSSR count). The van der Waals surface area contributed by atoms with Crippen molar-refractivity contribution in [2.75, 3.05) is 18.6 Å². The highest BCUT2D eigenvalue weighted by atomic mass is 32.9. The summed E-state index contributed by atoms with van der Waals surface area (Å²) in [6, 6.07) is 7.99. The molecule has 0 aliphatic heterocycles. The molecule has 102 valence electrons. The highest BCUT2D eigenvalue weighted by Crippen LogP contribution is 2.60. The van der Waals surface area contributed by atoms with Crippen LogP contribution >= 0.6 is 28.8 Å². The van der Waals surface area contributed by atoms with Gasteiger partial charge in [0.05, 0.1) is 6.61 Å². The van der Waals surface area contributed by atoms with Gasteiger partial charge in [-0.1, -0.05) is 18.3 Å². The van der Waals surface area contributed by atoms with Crippen LogP contribution in [0.3, 0.4) is 0 Å². The summed E-state index contributed by atoms with van der Waals surface area (Å²) in [6.45, 7) is 4.68. The summed E-state index contributed by atoms with van der Waals surface area (Å²) in [5, 5.41) is 0. The van der Waals surface area contributed by atoms with E-state index in [9.17, 15) is 0 Å². The molecule has 6 heteroatoms. The smallest absolute Gasteiger partial charge is 0.297 e. The zero-order chi connectivity index (χ0) is 13.4. The summed E-state index contributed by atoms with van der Waals surface area (Å²) >= 11 is 8.87. The third kappa shape index (κ3) is 5.54. The van der Waals surface area contributed by atoms with E-state index in [4.69, 9.17) is 20.9 Å². The van der Waals surface area contributed by atoms with Gasteiger partial charge in [-0.05, 0) is 55.7 Å². The Morgan fingerprint density at radius 2 is 1.89 bits per heavy atom. The second kappa shape index (κ2) is 8.49. The molecule has 0 saturated heterocycles. The van der Waals surface area contributed by atoms with Gasteiger partial charge in [-0.3, -0.25) is 0 Å². The van der Waals surface area contributed by atoms with E-state index >= 15 is 0 Å². The SMILES string of the molecule is CCCS[P@](=S)(OCC)Oc1ccc(SC)cc1. The second-order valence-electron chi connectivity index (χ2n) is 3.47. The van der Waals surface area contributed by atoms with E-state index in [1.54, 1.807) is 23.1 Å². The van der Waals surface area contributed by atoms with Gasteiger partial charge in [0.15, 0.2) is 0 Å². The van der Waals surface area contributed by atoms with Crippen LogP contribution in [0.1, 0.15) is 20.3 Å². The van der Waals surface area contributed by atoms with Crippen LogP contribution < -0.4 is 4.52 Å². The Morgan fingerprint density at radius 1 is 1.22 bits per heavy atom. The van der Waals surface area contributed by atoms with E-state index < -0.39 is 5.69 Å². The van der Waals surface area contributed by atoms with Crippen LogP contribution in [-0.4, -0.2) is 18.6 Å². The van der Waals surface area contributed by atoms with Crippen molar-refractivity contribution in [3.05, 3.63) is 24.3 Å². The van der Waals surface area contributed by atoms with Crippen LogP contribution in [-0.2, 0) is 16.3 Å².